The van der Waals surface area contributed by atoms with Gasteiger partial charge in [0, 0.05) is 42.7 Å². The quantitative estimate of drug-likeness (QED) is 0.573. The zero-order chi connectivity index (χ0) is 19.8. The Bertz CT molecular complexity index is 1240. The number of halogens is 1. The molecule has 146 valence electrons. The van der Waals surface area contributed by atoms with Gasteiger partial charge in [0.2, 0.25) is 0 Å². The van der Waals surface area contributed by atoms with Gasteiger partial charge in [-0.05, 0) is 23.8 Å². The predicted octanol–water partition coefficient (Wildman–Crippen LogP) is 3.95. The van der Waals surface area contributed by atoms with Crippen molar-refractivity contribution < 1.29 is 13.5 Å². The number of ether oxygens (including phenoxy) is 1. The Morgan fingerprint density at radius 2 is 2.00 bits per heavy atom. The molecule has 1 N–H and O–H groups in total. The van der Waals surface area contributed by atoms with Crippen molar-refractivity contribution >= 4 is 11.0 Å². The number of fused-ring (bicyclic) bond motifs is 3. The molecule has 6 heteroatoms. The van der Waals surface area contributed by atoms with Crippen molar-refractivity contribution in [3.8, 4) is 11.4 Å². The zero-order valence-electron chi connectivity index (χ0n) is 15.7. The molecular weight excluding hydrogens is 371 g/mol. The summed E-state index contributed by atoms with van der Waals surface area (Å²) in [6.07, 6.45) is 2.25. The molecule has 5 rings (SSSR count). The van der Waals surface area contributed by atoms with Gasteiger partial charge in [0.1, 0.15) is 18.1 Å². The van der Waals surface area contributed by atoms with Crippen LogP contribution in [-0.4, -0.2) is 11.1 Å². The van der Waals surface area contributed by atoms with Crippen LogP contribution in [-0.2, 0) is 19.6 Å². The lowest BCUT2D eigenvalue weighted by Gasteiger charge is -2.11. The first-order chi connectivity index (χ1) is 14.2. The van der Waals surface area contributed by atoms with Gasteiger partial charge in [-0.3, -0.25) is 9.36 Å². The van der Waals surface area contributed by atoms with E-state index in [0.29, 0.717) is 18.9 Å². The molecule has 1 aliphatic rings. The predicted molar refractivity (Wildman–Crippen MR) is 108 cm³/mol. The van der Waals surface area contributed by atoms with Crippen molar-refractivity contribution in [2.75, 3.05) is 6.54 Å². The summed E-state index contributed by atoms with van der Waals surface area (Å²) in [6.45, 7) is 1.83. The fraction of sp³-hybridized carbons (Fsp3) is 0.174. The highest BCUT2D eigenvalue weighted by molar-refractivity contribution is 5.85. The van der Waals surface area contributed by atoms with E-state index in [-0.39, 0.29) is 16.8 Å². The maximum atomic E-state index is 15.2. The standard InChI is InChI=1S/C23H19FN2O3/c24-22-19(7-6-17-18-13-25-10-8-20(18)29-23(17)22)26-11-9-16(12-21(26)27)28-14-15-4-2-1-3-5-15/h1-7,9,11-12,25H,8,10,13-14H2. The van der Waals surface area contributed by atoms with Gasteiger partial charge in [0.25, 0.3) is 5.56 Å². The maximum absolute atomic E-state index is 15.2. The fourth-order valence-corrected chi connectivity index (χ4v) is 3.71. The molecule has 3 heterocycles. The van der Waals surface area contributed by atoms with Crippen LogP contribution >= 0.6 is 0 Å². The smallest absolute Gasteiger partial charge is 0.258 e. The molecule has 0 saturated heterocycles. The van der Waals surface area contributed by atoms with E-state index >= 15 is 4.39 Å². The lowest BCUT2D eigenvalue weighted by molar-refractivity contribution is 0.305. The number of hydrogen-bond acceptors (Lipinski definition) is 4. The second-order valence-corrected chi connectivity index (χ2v) is 7.05. The van der Waals surface area contributed by atoms with Crippen molar-refractivity contribution in [3.05, 3.63) is 93.9 Å². The SMILES string of the molecule is O=c1cc(OCc2ccccc2)ccn1-c1ccc2c3c(oc2c1F)CCNC3. The van der Waals surface area contributed by atoms with Gasteiger partial charge in [-0.25, -0.2) is 4.39 Å². The van der Waals surface area contributed by atoms with Gasteiger partial charge in [0.15, 0.2) is 11.4 Å². The van der Waals surface area contributed by atoms with E-state index in [1.807, 2.05) is 36.4 Å². The normalized spacial score (nSPS) is 13.4. The molecule has 0 unspecified atom stereocenters. The van der Waals surface area contributed by atoms with Crippen molar-refractivity contribution in [1.82, 2.24) is 9.88 Å². The van der Waals surface area contributed by atoms with Gasteiger partial charge in [-0.2, -0.15) is 0 Å². The van der Waals surface area contributed by atoms with Gasteiger partial charge in [-0.1, -0.05) is 30.3 Å². The minimum Gasteiger partial charge on any atom is -0.489 e. The highest BCUT2D eigenvalue weighted by Gasteiger charge is 2.22. The largest absolute Gasteiger partial charge is 0.489 e. The van der Waals surface area contributed by atoms with Gasteiger partial charge < -0.3 is 14.5 Å². The molecule has 0 fully saturated rings. The molecule has 1 aliphatic heterocycles. The van der Waals surface area contributed by atoms with E-state index in [9.17, 15) is 4.79 Å². The van der Waals surface area contributed by atoms with Crippen molar-refractivity contribution in [1.29, 1.82) is 0 Å². The molecule has 0 bridgehead atoms. The Labute approximate surface area is 166 Å². The Morgan fingerprint density at radius 3 is 2.83 bits per heavy atom. The molecule has 2 aromatic carbocycles. The third-order valence-corrected chi connectivity index (χ3v) is 5.19. The summed E-state index contributed by atoms with van der Waals surface area (Å²) in [6, 6.07) is 16.1. The van der Waals surface area contributed by atoms with Gasteiger partial charge in [0.05, 0.1) is 5.69 Å². The summed E-state index contributed by atoms with van der Waals surface area (Å²) in [7, 11) is 0. The molecule has 0 aliphatic carbocycles. The van der Waals surface area contributed by atoms with E-state index in [2.05, 4.69) is 5.32 Å². The molecule has 0 saturated carbocycles. The van der Waals surface area contributed by atoms with Gasteiger partial charge in [-0.15, -0.1) is 0 Å². The topological polar surface area (TPSA) is 56.4 Å². The van der Waals surface area contributed by atoms with Crippen molar-refractivity contribution in [2.24, 2.45) is 0 Å². The second-order valence-electron chi connectivity index (χ2n) is 7.05. The first-order valence-corrected chi connectivity index (χ1v) is 9.54. The summed E-state index contributed by atoms with van der Waals surface area (Å²) < 4.78 is 27.9. The molecule has 2 aromatic heterocycles. The zero-order valence-corrected chi connectivity index (χ0v) is 15.7. The number of pyridine rings is 1. The number of aromatic nitrogens is 1. The minimum absolute atomic E-state index is 0.163. The van der Waals surface area contributed by atoms with E-state index in [1.54, 1.807) is 12.1 Å². The lowest BCUT2D eigenvalue weighted by Crippen LogP contribution is -2.22. The third-order valence-electron chi connectivity index (χ3n) is 5.19. The maximum Gasteiger partial charge on any atom is 0.258 e. The first-order valence-electron chi connectivity index (χ1n) is 9.54. The van der Waals surface area contributed by atoms with E-state index < -0.39 is 5.82 Å². The Morgan fingerprint density at radius 1 is 1.14 bits per heavy atom. The van der Waals surface area contributed by atoms with Crippen molar-refractivity contribution in [2.45, 2.75) is 19.6 Å². The summed E-state index contributed by atoms with van der Waals surface area (Å²) in [5.74, 6) is 0.722. The van der Waals surface area contributed by atoms with Crippen LogP contribution in [0.15, 0.2) is 70.0 Å². The summed E-state index contributed by atoms with van der Waals surface area (Å²) in [5, 5.41) is 4.03. The summed E-state index contributed by atoms with van der Waals surface area (Å²) >= 11 is 0. The first kappa shape index (κ1) is 17.7. The Balaban J connectivity index is 1.47. The van der Waals surface area contributed by atoms with E-state index in [1.165, 1.54) is 16.8 Å². The van der Waals surface area contributed by atoms with Crippen LogP contribution in [0.25, 0.3) is 16.7 Å². The molecule has 29 heavy (non-hydrogen) atoms. The molecule has 0 amide bonds. The Kier molecular flexibility index (Phi) is 4.41. The van der Waals surface area contributed by atoms with Crippen LogP contribution < -0.4 is 15.6 Å². The third kappa shape index (κ3) is 3.21. The number of furan rings is 1. The number of nitrogens with zero attached hydrogens (tertiary/aromatic N) is 1. The molecular formula is C23H19FN2O3. The second kappa shape index (κ2) is 7.22. The molecule has 4 aromatic rings. The average Bonchev–Trinajstić information content (AvgIpc) is 3.14. The summed E-state index contributed by atoms with van der Waals surface area (Å²) in [5.41, 5.74) is 1.99. The number of benzene rings is 2. The minimum atomic E-state index is -0.531. The van der Waals surface area contributed by atoms with Crippen LogP contribution in [0.5, 0.6) is 5.75 Å². The molecule has 0 spiro atoms. The number of nitrogens with one attached hydrogen (secondary N) is 1. The fourth-order valence-electron chi connectivity index (χ4n) is 3.71. The molecule has 0 radical (unpaired) electrons. The van der Waals surface area contributed by atoms with Crippen LogP contribution in [0.3, 0.4) is 0 Å². The van der Waals surface area contributed by atoms with Crippen LogP contribution in [0.1, 0.15) is 16.9 Å². The molecule has 5 nitrogen and oxygen atoms in total. The average molecular weight is 390 g/mol. The Hall–Kier alpha value is -3.38. The highest BCUT2D eigenvalue weighted by atomic mass is 19.1. The monoisotopic (exact) mass is 390 g/mol. The van der Waals surface area contributed by atoms with E-state index in [4.69, 9.17) is 9.15 Å². The number of rotatable bonds is 4. The van der Waals surface area contributed by atoms with Crippen LogP contribution in [0.4, 0.5) is 4.39 Å². The summed E-state index contributed by atoms with van der Waals surface area (Å²) in [4.78, 5) is 12.6. The molecule has 0 atom stereocenters. The number of hydrogen-bond donors (Lipinski definition) is 1. The van der Waals surface area contributed by atoms with Gasteiger partial charge >= 0.3 is 0 Å². The van der Waals surface area contributed by atoms with Crippen LogP contribution in [0, 0.1) is 5.82 Å². The van der Waals surface area contributed by atoms with Crippen molar-refractivity contribution in [3.63, 3.8) is 0 Å². The van der Waals surface area contributed by atoms with E-state index in [0.717, 1.165) is 35.2 Å². The van der Waals surface area contributed by atoms with Crippen LogP contribution in [0.2, 0.25) is 0 Å². The lowest BCUT2D eigenvalue weighted by atomic mass is 10.1. The highest BCUT2D eigenvalue weighted by Crippen LogP contribution is 2.32.